The number of ether oxygens (including phenoxy) is 4. The Bertz CT molecular complexity index is 1160. The Balaban J connectivity index is 1.66. The van der Waals surface area contributed by atoms with Crippen LogP contribution in [-0.2, 0) is 14.3 Å². The summed E-state index contributed by atoms with van der Waals surface area (Å²) < 4.78 is 91.5. The quantitative estimate of drug-likeness (QED) is 0.549. The number of aliphatic hydroxyl groups excluding tert-OH is 1. The molecule has 0 unspecified atom stereocenters. The molecule has 0 aliphatic carbocycles. The van der Waals surface area contributed by atoms with E-state index in [0.717, 1.165) is 26.2 Å². The van der Waals surface area contributed by atoms with Crippen LogP contribution in [0.1, 0.15) is 25.3 Å². The minimum atomic E-state index is -4.88. The topological polar surface area (TPSA) is 99.1 Å². The molecule has 0 saturated carbocycles. The number of rotatable bonds is 6. The van der Waals surface area contributed by atoms with E-state index >= 15 is 0 Å². The zero-order valence-electron chi connectivity index (χ0n) is 20.0. The van der Waals surface area contributed by atoms with Crippen molar-refractivity contribution in [2.75, 3.05) is 25.6 Å². The summed E-state index contributed by atoms with van der Waals surface area (Å²) in [5.41, 5.74) is -2.80. The standard InChI is InChI=1S/C24H25F5N2O6/c1-11-18(13-4-5-14(25)19(26)20(13)34-3)21(37-23(11,2)24(27,28)29)22(33)31-12-6-7-30-17(8-12)36-16-10-35-9-15(16)32/h4-8,11,15-16,18,21,32H,9-10H2,1-3H3,(H,30,31,33)/t11-,15+,16-,18-,21+,23+/m0/s1. The summed E-state index contributed by atoms with van der Waals surface area (Å²) in [4.78, 5) is 17.3. The molecule has 4 rings (SSSR count). The molecule has 202 valence electrons. The van der Waals surface area contributed by atoms with Crippen LogP contribution in [0.3, 0.4) is 0 Å². The molecule has 2 aliphatic heterocycles. The van der Waals surface area contributed by atoms with Crippen molar-refractivity contribution in [3.8, 4) is 11.6 Å². The van der Waals surface area contributed by atoms with E-state index in [1.54, 1.807) is 0 Å². The number of carbonyl (C=O) groups is 1. The molecule has 0 bridgehead atoms. The summed E-state index contributed by atoms with van der Waals surface area (Å²) in [6.07, 6.45) is -6.90. The number of hydrogen-bond acceptors (Lipinski definition) is 7. The minimum Gasteiger partial charge on any atom is -0.493 e. The fourth-order valence-electron chi connectivity index (χ4n) is 4.60. The second-order valence-corrected chi connectivity index (χ2v) is 9.07. The summed E-state index contributed by atoms with van der Waals surface area (Å²) in [5, 5.41) is 12.3. The molecule has 1 aromatic heterocycles. The van der Waals surface area contributed by atoms with Crippen molar-refractivity contribution >= 4 is 11.6 Å². The van der Waals surface area contributed by atoms with Crippen LogP contribution in [0, 0.1) is 17.6 Å². The van der Waals surface area contributed by atoms with Gasteiger partial charge in [-0.05, 0) is 19.1 Å². The fraction of sp³-hybridized carbons (Fsp3) is 0.500. The highest BCUT2D eigenvalue weighted by Crippen LogP contribution is 2.55. The minimum absolute atomic E-state index is 0.0343. The van der Waals surface area contributed by atoms with Gasteiger partial charge in [0.2, 0.25) is 11.7 Å². The third-order valence-electron chi connectivity index (χ3n) is 6.84. The lowest BCUT2D eigenvalue weighted by Gasteiger charge is -2.32. The van der Waals surface area contributed by atoms with Gasteiger partial charge < -0.3 is 29.4 Å². The number of nitrogens with zero attached hydrogens (tertiary/aromatic N) is 1. The Labute approximate surface area is 208 Å². The number of alkyl halides is 3. The van der Waals surface area contributed by atoms with Crippen molar-refractivity contribution in [2.45, 2.75) is 49.9 Å². The average molecular weight is 532 g/mol. The first-order valence-corrected chi connectivity index (χ1v) is 11.3. The number of aliphatic hydroxyl groups is 1. The summed E-state index contributed by atoms with van der Waals surface area (Å²) in [7, 11) is 1.05. The van der Waals surface area contributed by atoms with Crippen LogP contribution >= 0.6 is 0 Å². The van der Waals surface area contributed by atoms with Crippen LogP contribution in [0.15, 0.2) is 30.5 Å². The summed E-state index contributed by atoms with van der Waals surface area (Å²) in [5.74, 6) is -6.91. The van der Waals surface area contributed by atoms with E-state index in [1.807, 2.05) is 0 Å². The number of pyridine rings is 1. The summed E-state index contributed by atoms with van der Waals surface area (Å²) in [6.45, 7) is 2.24. The van der Waals surface area contributed by atoms with Gasteiger partial charge in [-0.25, -0.2) is 9.37 Å². The van der Waals surface area contributed by atoms with Gasteiger partial charge in [-0.15, -0.1) is 0 Å². The normalized spacial score (nSPS) is 29.8. The summed E-state index contributed by atoms with van der Waals surface area (Å²) in [6, 6.07) is 4.53. The molecule has 0 spiro atoms. The predicted molar refractivity (Wildman–Crippen MR) is 118 cm³/mol. The van der Waals surface area contributed by atoms with E-state index in [4.69, 9.17) is 18.9 Å². The zero-order chi connectivity index (χ0) is 27.1. The SMILES string of the molecule is COc1c([C@H]2[C@H](C(=O)Nc3ccnc(O[C@H]4COC[C@H]4O)c3)O[C@@](C)(C(F)(F)F)[C@H]2C)ccc(F)c1F. The molecule has 2 aromatic rings. The van der Waals surface area contributed by atoms with Gasteiger partial charge in [0.1, 0.15) is 12.2 Å². The number of benzene rings is 1. The molecule has 2 saturated heterocycles. The van der Waals surface area contributed by atoms with E-state index in [-0.39, 0.29) is 30.3 Å². The molecule has 37 heavy (non-hydrogen) atoms. The molecule has 6 atom stereocenters. The summed E-state index contributed by atoms with van der Waals surface area (Å²) >= 11 is 0. The van der Waals surface area contributed by atoms with Gasteiger partial charge in [0.25, 0.3) is 5.91 Å². The predicted octanol–water partition coefficient (Wildman–Crippen LogP) is 3.59. The Hall–Kier alpha value is -3.03. The first-order valence-electron chi connectivity index (χ1n) is 11.3. The van der Waals surface area contributed by atoms with Gasteiger partial charge in [0.05, 0.1) is 20.3 Å². The van der Waals surface area contributed by atoms with Crippen LogP contribution in [0.4, 0.5) is 27.6 Å². The van der Waals surface area contributed by atoms with Gasteiger partial charge in [0.15, 0.2) is 23.3 Å². The number of hydrogen-bond donors (Lipinski definition) is 2. The molecule has 3 heterocycles. The van der Waals surface area contributed by atoms with Gasteiger partial charge in [0, 0.05) is 35.3 Å². The first-order chi connectivity index (χ1) is 17.4. The van der Waals surface area contributed by atoms with Gasteiger partial charge in [-0.2, -0.15) is 17.6 Å². The van der Waals surface area contributed by atoms with Crippen molar-refractivity contribution in [2.24, 2.45) is 5.92 Å². The second kappa shape index (κ2) is 10.0. The highest BCUT2D eigenvalue weighted by atomic mass is 19.4. The van der Waals surface area contributed by atoms with Crippen molar-refractivity contribution in [3.63, 3.8) is 0 Å². The Morgan fingerprint density at radius 1 is 1.24 bits per heavy atom. The molecule has 1 amide bonds. The van der Waals surface area contributed by atoms with Crippen molar-refractivity contribution in [1.82, 2.24) is 4.98 Å². The van der Waals surface area contributed by atoms with E-state index in [9.17, 15) is 31.9 Å². The average Bonchev–Trinajstić information content (AvgIpc) is 3.36. The lowest BCUT2D eigenvalue weighted by atomic mass is 9.77. The van der Waals surface area contributed by atoms with Gasteiger partial charge in [-0.1, -0.05) is 13.0 Å². The molecule has 2 aliphatic rings. The number of aromatic nitrogens is 1. The highest BCUT2D eigenvalue weighted by molar-refractivity contribution is 5.95. The number of carbonyl (C=O) groups excluding carboxylic acids is 1. The van der Waals surface area contributed by atoms with E-state index in [2.05, 4.69) is 10.3 Å². The molecular formula is C24H25F5N2O6. The fourth-order valence-corrected chi connectivity index (χ4v) is 4.60. The maximum Gasteiger partial charge on any atom is 0.417 e. The van der Waals surface area contributed by atoms with Crippen molar-refractivity contribution in [1.29, 1.82) is 0 Å². The molecule has 13 heteroatoms. The van der Waals surface area contributed by atoms with Crippen LogP contribution in [-0.4, -0.2) is 66.4 Å². The number of nitrogens with one attached hydrogen (secondary N) is 1. The smallest absolute Gasteiger partial charge is 0.417 e. The Morgan fingerprint density at radius 3 is 2.59 bits per heavy atom. The second-order valence-electron chi connectivity index (χ2n) is 9.07. The van der Waals surface area contributed by atoms with Crippen LogP contribution in [0.2, 0.25) is 0 Å². The number of halogens is 5. The van der Waals surface area contributed by atoms with E-state index in [1.165, 1.54) is 25.3 Å². The van der Waals surface area contributed by atoms with E-state index < -0.39 is 65.2 Å². The van der Waals surface area contributed by atoms with E-state index in [0.29, 0.717) is 0 Å². The molecule has 0 radical (unpaired) electrons. The number of amides is 1. The highest BCUT2D eigenvalue weighted by Gasteiger charge is 2.65. The third-order valence-corrected chi connectivity index (χ3v) is 6.84. The molecule has 8 nitrogen and oxygen atoms in total. The van der Waals surface area contributed by atoms with Gasteiger partial charge in [-0.3, -0.25) is 4.79 Å². The number of methoxy groups -OCH3 is 1. The Morgan fingerprint density at radius 2 is 1.97 bits per heavy atom. The molecule has 2 fully saturated rings. The Kier molecular flexibility index (Phi) is 7.32. The molecular weight excluding hydrogens is 507 g/mol. The lowest BCUT2D eigenvalue weighted by molar-refractivity contribution is -0.272. The monoisotopic (exact) mass is 532 g/mol. The van der Waals surface area contributed by atoms with Crippen LogP contribution < -0.4 is 14.8 Å². The van der Waals surface area contributed by atoms with Gasteiger partial charge >= 0.3 is 6.18 Å². The maximum absolute atomic E-state index is 14.5. The zero-order valence-corrected chi connectivity index (χ0v) is 20.0. The lowest BCUT2D eigenvalue weighted by Crippen LogP contribution is -2.47. The van der Waals surface area contributed by atoms with Crippen molar-refractivity contribution in [3.05, 3.63) is 47.7 Å². The third kappa shape index (κ3) is 4.94. The first kappa shape index (κ1) is 27.0. The van der Waals surface area contributed by atoms with Crippen LogP contribution in [0.25, 0.3) is 0 Å². The number of anilines is 1. The van der Waals surface area contributed by atoms with Crippen molar-refractivity contribution < 1.29 is 50.8 Å². The molecule has 2 N–H and O–H groups in total. The maximum atomic E-state index is 14.5. The van der Waals surface area contributed by atoms with Crippen LogP contribution in [0.5, 0.6) is 11.6 Å². The largest absolute Gasteiger partial charge is 0.493 e. The molecule has 1 aromatic carbocycles.